The molecule has 2 heterocycles. The van der Waals surface area contributed by atoms with Crippen LogP contribution in [0.3, 0.4) is 0 Å². The van der Waals surface area contributed by atoms with Crippen molar-refractivity contribution in [3.05, 3.63) is 48.3 Å². The lowest BCUT2D eigenvalue weighted by atomic mass is 10.2. The number of carbonyl (C=O) groups excluding carboxylic acids is 1. The van der Waals surface area contributed by atoms with Gasteiger partial charge in [-0.1, -0.05) is 0 Å². The SMILES string of the molecule is CC(C)Oc1ccc(NC(=O)c2ccc(NC3CCS(=O)(=O)C3)cn2)cc1. The van der Waals surface area contributed by atoms with Crippen LogP contribution in [0, 0.1) is 0 Å². The molecular formula is C19H23N3O4S. The second-order valence-electron chi connectivity index (χ2n) is 6.82. The van der Waals surface area contributed by atoms with Crippen molar-refractivity contribution < 1.29 is 17.9 Å². The molecule has 144 valence electrons. The number of amides is 1. The molecule has 3 rings (SSSR count). The Morgan fingerprint density at radius 3 is 2.41 bits per heavy atom. The van der Waals surface area contributed by atoms with Crippen molar-refractivity contribution in [3.8, 4) is 5.75 Å². The summed E-state index contributed by atoms with van der Waals surface area (Å²) < 4.78 is 28.6. The molecule has 0 spiro atoms. The maximum Gasteiger partial charge on any atom is 0.274 e. The minimum absolute atomic E-state index is 0.0890. The Hall–Kier alpha value is -2.61. The van der Waals surface area contributed by atoms with E-state index in [0.29, 0.717) is 17.8 Å². The van der Waals surface area contributed by atoms with Crippen molar-refractivity contribution in [3.63, 3.8) is 0 Å². The van der Waals surface area contributed by atoms with Crippen molar-refractivity contribution in [2.45, 2.75) is 32.4 Å². The summed E-state index contributed by atoms with van der Waals surface area (Å²) >= 11 is 0. The zero-order valence-electron chi connectivity index (χ0n) is 15.3. The Kier molecular flexibility index (Phi) is 5.65. The van der Waals surface area contributed by atoms with Gasteiger partial charge in [0, 0.05) is 11.7 Å². The van der Waals surface area contributed by atoms with Crippen LogP contribution in [-0.4, -0.2) is 43.0 Å². The number of ether oxygens (including phenoxy) is 1. The van der Waals surface area contributed by atoms with Gasteiger partial charge in [0.25, 0.3) is 5.91 Å². The molecule has 1 aromatic heterocycles. The maximum absolute atomic E-state index is 12.3. The van der Waals surface area contributed by atoms with Crippen LogP contribution < -0.4 is 15.4 Å². The first-order chi connectivity index (χ1) is 12.8. The third-order valence-corrected chi connectivity index (χ3v) is 5.85. The molecule has 1 amide bonds. The third kappa shape index (κ3) is 5.43. The highest BCUT2D eigenvalue weighted by atomic mass is 32.2. The molecule has 0 bridgehead atoms. The molecule has 2 aromatic rings. The Balaban J connectivity index is 1.57. The molecule has 1 saturated heterocycles. The minimum Gasteiger partial charge on any atom is -0.491 e. The molecule has 1 atom stereocenters. The predicted molar refractivity (Wildman–Crippen MR) is 105 cm³/mol. The van der Waals surface area contributed by atoms with Gasteiger partial charge in [-0.3, -0.25) is 4.79 Å². The van der Waals surface area contributed by atoms with Crippen molar-refractivity contribution in [1.29, 1.82) is 0 Å². The van der Waals surface area contributed by atoms with E-state index in [-0.39, 0.29) is 35.3 Å². The fourth-order valence-corrected chi connectivity index (χ4v) is 4.52. The molecule has 2 N–H and O–H groups in total. The molecule has 1 unspecified atom stereocenters. The summed E-state index contributed by atoms with van der Waals surface area (Å²) in [4.78, 5) is 16.5. The average molecular weight is 389 g/mol. The number of nitrogens with one attached hydrogen (secondary N) is 2. The van der Waals surface area contributed by atoms with Crippen molar-refractivity contribution in [2.24, 2.45) is 0 Å². The predicted octanol–water partition coefficient (Wildman–Crippen LogP) is 2.72. The number of sulfone groups is 1. The van der Waals surface area contributed by atoms with Gasteiger partial charge in [-0.05, 0) is 56.7 Å². The summed E-state index contributed by atoms with van der Waals surface area (Å²) in [5.74, 6) is 0.763. The Bertz CT molecular complexity index is 894. The lowest BCUT2D eigenvalue weighted by Crippen LogP contribution is -2.21. The number of carbonyl (C=O) groups is 1. The second-order valence-corrected chi connectivity index (χ2v) is 9.05. The van der Waals surface area contributed by atoms with Gasteiger partial charge in [0.05, 0.1) is 29.5 Å². The smallest absolute Gasteiger partial charge is 0.274 e. The van der Waals surface area contributed by atoms with E-state index in [2.05, 4.69) is 15.6 Å². The molecule has 1 aliphatic rings. The van der Waals surface area contributed by atoms with E-state index in [1.54, 1.807) is 42.6 Å². The lowest BCUT2D eigenvalue weighted by Gasteiger charge is -2.12. The highest BCUT2D eigenvalue weighted by Crippen LogP contribution is 2.19. The van der Waals surface area contributed by atoms with Gasteiger partial charge in [-0.25, -0.2) is 13.4 Å². The van der Waals surface area contributed by atoms with E-state index in [9.17, 15) is 13.2 Å². The van der Waals surface area contributed by atoms with Crippen LogP contribution in [0.2, 0.25) is 0 Å². The first-order valence-corrected chi connectivity index (χ1v) is 10.6. The monoisotopic (exact) mass is 389 g/mol. The second kappa shape index (κ2) is 7.96. The largest absolute Gasteiger partial charge is 0.491 e. The van der Waals surface area contributed by atoms with Crippen LogP contribution in [0.5, 0.6) is 5.75 Å². The Morgan fingerprint density at radius 2 is 1.85 bits per heavy atom. The quantitative estimate of drug-likeness (QED) is 0.788. The van der Waals surface area contributed by atoms with Gasteiger partial charge >= 0.3 is 0 Å². The van der Waals surface area contributed by atoms with Crippen LogP contribution in [0.15, 0.2) is 42.6 Å². The van der Waals surface area contributed by atoms with Gasteiger partial charge in [0.1, 0.15) is 11.4 Å². The number of anilines is 2. The fourth-order valence-electron chi connectivity index (χ4n) is 2.84. The number of aromatic nitrogens is 1. The zero-order valence-corrected chi connectivity index (χ0v) is 16.1. The van der Waals surface area contributed by atoms with E-state index in [4.69, 9.17) is 4.74 Å². The van der Waals surface area contributed by atoms with E-state index in [1.165, 1.54) is 0 Å². The molecule has 0 aliphatic carbocycles. The van der Waals surface area contributed by atoms with E-state index >= 15 is 0 Å². The molecule has 8 heteroatoms. The topological polar surface area (TPSA) is 97.4 Å². The summed E-state index contributed by atoms with van der Waals surface area (Å²) in [7, 11) is -2.94. The summed E-state index contributed by atoms with van der Waals surface area (Å²) in [6, 6.07) is 10.4. The first-order valence-electron chi connectivity index (χ1n) is 8.82. The molecule has 0 saturated carbocycles. The summed E-state index contributed by atoms with van der Waals surface area (Å²) in [5.41, 5.74) is 1.63. The number of nitrogens with zero attached hydrogens (tertiary/aromatic N) is 1. The van der Waals surface area contributed by atoms with E-state index in [0.717, 1.165) is 5.75 Å². The van der Waals surface area contributed by atoms with Crippen LogP contribution in [0.1, 0.15) is 30.8 Å². The zero-order chi connectivity index (χ0) is 19.4. The highest BCUT2D eigenvalue weighted by molar-refractivity contribution is 7.91. The number of hydrogen-bond donors (Lipinski definition) is 2. The normalized spacial score (nSPS) is 18.3. The van der Waals surface area contributed by atoms with Crippen molar-refractivity contribution in [1.82, 2.24) is 4.98 Å². The molecule has 1 aliphatic heterocycles. The van der Waals surface area contributed by atoms with Crippen LogP contribution in [0.4, 0.5) is 11.4 Å². The molecule has 1 fully saturated rings. The van der Waals surface area contributed by atoms with Crippen molar-refractivity contribution in [2.75, 3.05) is 22.1 Å². The van der Waals surface area contributed by atoms with Crippen molar-refractivity contribution >= 4 is 27.1 Å². The van der Waals surface area contributed by atoms with Gasteiger partial charge in [-0.15, -0.1) is 0 Å². The molecule has 27 heavy (non-hydrogen) atoms. The summed E-state index contributed by atoms with van der Waals surface area (Å²) in [6.45, 7) is 3.90. The number of pyridine rings is 1. The van der Waals surface area contributed by atoms with Crippen LogP contribution >= 0.6 is 0 Å². The number of hydrogen-bond acceptors (Lipinski definition) is 6. The third-order valence-electron chi connectivity index (χ3n) is 4.08. The van der Waals surface area contributed by atoms with E-state index < -0.39 is 9.84 Å². The molecular weight excluding hydrogens is 366 g/mol. The number of rotatable bonds is 6. The maximum atomic E-state index is 12.3. The molecule has 0 radical (unpaired) electrons. The summed E-state index contributed by atoms with van der Waals surface area (Å²) in [6.07, 6.45) is 2.21. The van der Waals surface area contributed by atoms with E-state index in [1.807, 2.05) is 13.8 Å². The van der Waals surface area contributed by atoms with Gasteiger partial charge < -0.3 is 15.4 Å². The highest BCUT2D eigenvalue weighted by Gasteiger charge is 2.27. The van der Waals surface area contributed by atoms with Gasteiger partial charge in [0.2, 0.25) is 0 Å². The first kappa shape index (κ1) is 19.2. The van der Waals surface area contributed by atoms with Gasteiger partial charge in [-0.2, -0.15) is 0 Å². The lowest BCUT2D eigenvalue weighted by molar-refractivity contribution is 0.102. The number of benzene rings is 1. The summed E-state index contributed by atoms with van der Waals surface area (Å²) in [5, 5.41) is 5.93. The minimum atomic E-state index is -2.94. The Labute approximate surface area is 159 Å². The Morgan fingerprint density at radius 1 is 1.15 bits per heavy atom. The molecule has 7 nitrogen and oxygen atoms in total. The van der Waals surface area contributed by atoms with Crippen LogP contribution in [-0.2, 0) is 9.84 Å². The van der Waals surface area contributed by atoms with Crippen LogP contribution in [0.25, 0.3) is 0 Å². The van der Waals surface area contributed by atoms with Gasteiger partial charge in [0.15, 0.2) is 9.84 Å². The fraction of sp³-hybridized carbons (Fsp3) is 0.368. The average Bonchev–Trinajstić information content (AvgIpc) is 2.95. The standard InChI is InChI=1S/C19H23N3O4S/c1-13(2)26-17-6-3-14(4-7-17)22-19(23)18-8-5-15(11-20-18)21-16-9-10-27(24,25)12-16/h3-8,11,13,16,21H,9-10,12H2,1-2H3,(H,22,23). The molecule has 1 aromatic carbocycles.